The molecule has 20 heavy (non-hydrogen) atoms. The number of nitrogens with zero attached hydrogens (tertiary/aromatic N) is 2. The zero-order chi connectivity index (χ0) is 15.0. The zero-order valence-corrected chi connectivity index (χ0v) is 13.5. The molecule has 0 amide bonds. The van der Waals surface area contributed by atoms with Gasteiger partial charge in [0, 0.05) is 38.4 Å². The van der Waals surface area contributed by atoms with Crippen LogP contribution in [0.4, 0.5) is 5.69 Å². The first-order valence-corrected chi connectivity index (χ1v) is 7.89. The van der Waals surface area contributed by atoms with Crippen LogP contribution in [0, 0.1) is 0 Å². The average Bonchev–Trinajstić information content (AvgIpc) is 2.50. The second kappa shape index (κ2) is 8.98. The maximum absolute atomic E-state index is 8.93. The molecule has 1 fully saturated rings. The Balaban J connectivity index is 0.000000956. The first kappa shape index (κ1) is 17.0. The van der Waals surface area contributed by atoms with Crippen molar-refractivity contribution in [3.8, 4) is 0 Å². The zero-order valence-electron chi connectivity index (χ0n) is 13.5. The summed E-state index contributed by atoms with van der Waals surface area (Å²) in [6.45, 7) is 13.7. The number of benzene rings is 1. The monoisotopic (exact) mass is 278 g/mol. The smallest absolute Gasteiger partial charge is 0.0558 e. The molecule has 0 radical (unpaired) electrons. The highest BCUT2D eigenvalue weighted by Gasteiger charge is 2.16. The Kier molecular flexibility index (Phi) is 7.63. The summed E-state index contributed by atoms with van der Waals surface area (Å²) in [5.74, 6) is 0.598. The van der Waals surface area contributed by atoms with E-state index in [1.165, 1.54) is 11.3 Å². The number of rotatable bonds is 4. The Labute approximate surface area is 124 Å². The van der Waals surface area contributed by atoms with Crippen molar-refractivity contribution in [2.75, 3.05) is 44.2 Å². The second-order valence-corrected chi connectivity index (χ2v) is 5.30. The van der Waals surface area contributed by atoms with E-state index in [-0.39, 0.29) is 6.61 Å². The summed E-state index contributed by atoms with van der Waals surface area (Å²) in [7, 11) is 0. The molecule has 1 aliphatic heterocycles. The van der Waals surface area contributed by atoms with Gasteiger partial charge in [0.2, 0.25) is 0 Å². The van der Waals surface area contributed by atoms with E-state index < -0.39 is 0 Å². The molecule has 0 aliphatic carbocycles. The third-order valence-corrected chi connectivity index (χ3v) is 3.71. The van der Waals surface area contributed by atoms with Crippen LogP contribution in [-0.4, -0.2) is 49.3 Å². The van der Waals surface area contributed by atoms with Crippen molar-refractivity contribution in [3.05, 3.63) is 29.8 Å². The molecule has 1 N–H and O–H groups in total. The van der Waals surface area contributed by atoms with Crippen LogP contribution >= 0.6 is 0 Å². The molecule has 114 valence electrons. The highest BCUT2D eigenvalue weighted by molar-refractivity contribution is 5.48. The molecule has 1 aliphatic rings. The van der Waals surface area contributed by atoms with Gasteiger partial charge in [0.05, 0.1) is 6.61 Å². The van der Waals surface area contributed by atoms with Crippen molar-refractivity contribution < 1.29 is 5.11 Å². The van der Waals surface area contributed by atoms with Crippen molar-refractivity contribution in [2.24, 2.45) is 0 Å². The third kappa shape index (κ3) is 4.80. The Morgan fingerprint density at radius 3 is 2.00 bits per heavy atom. The van der Waals surface area contributed by atoms with Gasteiger partial charge in [-0.2, -0.15) is 0 Å². The SMILES string of the molecule is CC.CC(C)c1ccc(N2CCN(CCO)CC2)cc1. The van der Waals surface area contributed by atoms with Crippen LogP contribution < -0.4 is 4.90 Å². The van der Waals surface area contributed by atoms with Gasteiger partial charge in [0.25, 0.3) is 0 Å². The largest absolute Gasteiger partial charge is 0.395 e. The van der Waals surface area contributed by atoms with E-state index in [9.17, 15) is 0 Å². The fraction of sp³-hybridized carbons (Fsp3) is 0.647. The molecule has 0 spiro atoms. The number of β-amino-alcohol motifs (C(OH)–C–C–N with tert-alkyl or cyclic N) is 1. The van der Waals surface area contributed by atoms with Gasteiger partial charge in [-0.15, -0.1) is 0 Å². The maximum atomic E-state index is 8.93. The van der Waals surface area contributed by atoms with E-state index >= 15 is 0 Å². The Morgan fingerprint density at radius 1 is 1.00 bits per heavy atom. The highest BCUT2D eigenvalue weighted by atomic mass is 16.3. The molecule has 1 saturated heterocycles. The Morgan fingerprint density at radius 2 is 1.55 bits per heavy atom. The summed E-state index contributed by atoms with van der Waals surface area (Å²) >= 11 is 0. The molecular weight excluding hydrogens is 248 g/mol. The minimum atomic E-state index is 0.267. The number of anilines is 1. The molecule has 0 saturated carbocycles. The van der Waals surface area contributed by atoms with Gasteiger partial charge in [0.1, 0.15) is 0 Å². The van der Waals surface area contributed by atoms with Crippen LogP contribution in [0.25, 0.3) is 0 Å². The maximum Gasteiger partial charge on any atom is 0.0558 e. The van der Waals surface area contributed by atoms with Gasteiger partial charge >= 0.3 is 0 Å². The van der Waals surface area contributed by atoms with Gasteiger partial charge in [-0.05, 0) is 23.6 Å². The van der Waals surface area contributed by atoms with Gasteiger partial charge < -0.3 is 10.0 Å². The first-order valence-electron chi connectivity index (χ1n) is 7.89. The van der Waals surface area contributed by atoms with Crippen molar-refractivity contribution >= 4 is 5.69 Å². The molecule has 1 heterocycles. The van der Waals surface area contributed by atoms with E-state index in [1.54, 1.807) is 0 Å². The van der Waals surface area contributed by atoms with Crippen molar-refractivity contribution in [1.82, 2.24) is 4.90 Å². The van der Waals surface area contributed by atoms with E-state index in [2.05, 4.69) is 47.9 Å². The molecule has 3 nitrogen and oxygen atoms in total. The molecule has 0 bridgehead atoms. The third-order valence-electron chi connectivity index (χ3n) is 3.71. The van der Waals surface area contributed by atoms with E-state index in [4.69, 9.17) is 5.11 Å². The first-order chi connectivity index (χ1) is 9.70. The molecular formula is C17H30N2O. The summed E-state index contributed by atoms with van der Waals surface area (Å²) in [5.41, 5.74) is 2.72. The number of hydrogen-bond donors (Lipinski definition) is 1. The van der Waals surface area contributed by atoms with Crippen LogP contribution in [0.2, 0.25) is 0 Å². The van der Waals surface area contributed by atoms with E-state index in [1.807, 2.05) is 13.8 Å². The lowest BCUT2D eigenvalue weighted by atomic mass is 10.0. The quantitative estimate of drug-likeness (QED) is 0.917. The summed E-state index contributed by atoms with van der Waals surface area (Å²) in [6.07, 6.45) is 0. The van der Waals surface area contributed by atoms with Gasteiger partial charge in [-0.1, -0.05) is 39.8 Å². The molecule has 0 aromatic heterocycles. The highest BCUT2D eigenvalue weighted by Crippen LogP contribution is 2.21. The van der Waals surface area contributed by atoms with Crippen molar-refractivity contribution in [1.29, 1.82) is 0 Å². The van der Waals surface area contributed by atoms with E-state index in [0.717, 1.165) is 32.7 Å². The summed E-state index contributed by atoms with van der Waals surface area (Å²) in [4.78, 5) is 4.75. The lowest BCUT2D eigenvalue weighted by Gasteiger charge is -2.35. The van der Waals surface area contributed by atoms with E-state index in [0.29, 0.717) is 5.92 Å². The molecule has 2 rings (SSSR count). The lowest BCUT2D eigenvalue weighted by molar-refractivity contribution is 0.189. The van der Waals surface area contributed by atoms with Crippen molar-refractivity contribution in [2.45, 2.75) is 33.6 Å². The number of piperazine rings is 1. The van der Waals surface area contributed by atoms with Gasteiger partial charge in [-0.3, -0.25) is 4.90 Å². The van der Waals surface area contributed by atoms with Crippen LogP contribution in [0.5, 0.6) is 0 Å². The number of aliphatic hydroxyl groups is 1. The number of aliphatic hydroxyl groups excluding tert-OH is 1. The minimum absolute atomic E-state index is 0.267. The summed E-state index contributed by atoms with van der Waals surface area (Å²) in [6, 6.07) is 8.94. The molecule has 1 aromatic carbocycles. The van der Waals surface area contributed by atoms with Gasteiger partial charge in [-0.25, -0.2) is 0 Å². The molecule has 1 aromatic rings. The van der Waals surface area contributed by atoms with Crippen LogP contribution in [-0.2, 0) is 0 Å². The second-order valence-electron chi connectivity index (χ2n) is 5.30. The lowest BCUT2D eigenvalue weighted by Crippen LogP contribution is -2.47. The van der Waals surface area contributed by atoms with Crippen molar-refractivity contribution in [3.63, 3.8) is 0 Å². The van der Waals surface area contributed by atoms with Crippen LogP contribution in [0.3, 0.4) is 0 Å². The molecule has 0 unspecified atom stereocenters. The molecule has 3 heteroatoms. The Bertz CT molecular complexity index is 354. The standard InChI is InChI=1S/C15H24N2O.C2H6/c1-13(2)14-3-5-15(6-4-14)17-9-7-16(8-10-17)11-12-18;1-2/h3-6,13,18H,7-12H2,1-2H3;1-2H3. The predicted octanol–water partition coefficient (Wildman–Crippen LogP) is 2.95. The average molecular weight is 278 g/mol. The van der Waals surface area contributed by atoms with Crippen LogP contribution in [0.1, 0.15) is 39.2 Å². The fourth-order valence-corrected chi connectivity index (χ4v) is 2.44. The topological polar surface area (TPSA) is 26.7 Å². The van der Waals surface area contributed by atoms with Gasteiger partial charge in [0.15, 0.2) is 0 Å². The summed E-state index contributed by atoms with van der Waals surface area (Å²) in [5, 5.41) is 8.93. The normalized spacial score (nSPS) is 16.0. The Hall–Kier alpha value is -1.06. The minimum Gasteiger partial charge on any atom is -0.395 e. The van der Waals surface area contributed by atoms with Crippen LogP contribution in [0.15, 0.2) is 24.3 Å². The summed E-state index contributed by atoms with van der Waals surface area (Å²) < 4.78 is 0. The fourth-order valence-electron chi connectivity index (χ4n) is 2.44. The number of hydrogen-bond acceptors (Lipinski definition) is 3. The molecule has 0 atom stereocenters. The predicted molar refractivity (Wildman–Crippen MR) is 87.6 cm³/mol.